The molecule has 0 saturated carbocycles. The number of hydrogen-bond donors (Lipinski definition) is 0. The van der Waals surface area contributed by atoms with E-state index in [1.807, 2.05) is 17.5 Å². The third-order valence-electron chi connectivity index (χ3n) is 0.874. The van der Waals surface area contributed by atoms with Gasteiger partial charge in [-0.1, -0.05) is 6.07 Å². The zero-order valence-electron chi connectivity index (χ0n) is 4.74. The van der Waals surface area contributed by atoms with Gasteiger partial charge in [-0.05, 0) is 11.4 Å². The molecule has 0 unspecified atom stereocenters. The fourth-order valence-corrected chi connectivity index (χ4v) is 1.14. The molecule has 0 fully saturated rings. The highest BCUT2D eigenvalue weighted by atomic mass is 32.1. The lowest BCUT2D eigenvalue weighted by Crippen LogP contribution is -1.84. The molecule has 0 aliphatic rings. The van der Waals surface area contributed by atoms with Crippen LogP contribution in [0.15, 0.2) is 17.5 Å². The molecule has 0 aromatic carbocycles. The van der Waals surface area contributed by atoms with Crippen LogP contribution in [-0.2, 0) is 16.1 Å². The summed E-state index contributed by atoms with van der Waals surface area (Å²) in [6.45, 7) is 0.862. The quantitative estimate of drug-likeness (QED) is 0.596. The highest BCUT2D eigenvalue weighted by Crippen LogP contribution is 2.08. The summed E-state index contributed by atoms with van der Waals surface area (Å²) in [5.74, 6) is 0. The first-order valence-electron chi connectivity index (χ1n) is 2.51. The topological polar surface area (TPSA) is 26.3 Å². The summed E-state index contributed by atoms with van der Waals surface area (Å²) >= 11 is 1.58. The smallest absolute Gasteiger partial charge is 0.293 e. The summed E-state index contributed by atoms with van der Waals surface area (Å²) in [6.07, 6.45) is 0. The maximum atomic E-state index is 9.68. The first-order chi connectivity index (χ1) is 4.43. The molecule has 0 saturated heterocycles. The molecule has 1 heterocycles. The molecule has 9 heavy (non-hydrogen) atoms. The molecule has 48 valence electrons. The minimum absolute atomic E-state index is 0.404. The fourth-order valence-electron chi connectivity index (χ4n) is 0.511. The van der Waals surface area contributed by atoms with Crippen molar-refractivity contribution in [2.75, 3.05) is 0 Å². The number of carbonyl (C=O) groups excluding carboxylic acids is 1. The van der Waals surface area contributed by atoms with E-state index in [4.69, 9.17) is 0 Å². The Morgan fingerprint density at radius 3 is 3.22 bits per heavy atom. The molecule has 1 aromatic heterocycles. The molecular weight excluding hydrogens is 136 g/mol. The molecule has 1 rings (SSSR count). The van der Waals surface area contributed by atoms with Crippen LogP contribution >= 0.6 is 11.3 Å². The molecule has 0 amide bonds. The van der Waals surface area contributed by atoms with E-state index in [1.165, 1.54) is 0 Å². The van der Waals surface area contributed by atoms with E-state index in [1.54, 1.807) is 11.3 Å². The Hall–Kier alpha value is -0.830. The van der Waals surface area contributed by atoms with Gasteiger partial charge in [-0.3, -0.25) is 4.79 Å². The second-order valence-corrected chi connectivity index (χ2v) is 2.52. The largest absolute Gasteiger partial charge is 0.462 e. The van der Waals surface area contributed by atoms with Crippen LogP contribution in [0.5, 0.6) is 0 Å². The van der Waals surface area contributed by atoms with Gasteiger partial charge < -0.3 is 4.74 Å². The Labute approximate surface area is 57.1 Å². The highest BCUT2D eigenvalue weighted by Gasteiger charge is 1.89. The van der Waals surface area contributed by atoms with Gasteiger partial charge in [0.1, 0.15) is 6.61 Å². The Morgan fingerprint density at radius 2 is 2.67 bits per heavy atom. The predicted octanol–water partition coefficient (Wildman–Crippen LogP) is 1.42. The molecule has 1 aromatic rings. The summed E-state index contributed by atoms with van der Waals surface area (Å²) in [5, 5.41) is 1.95. The summed E-state index contributed by atoms with van der Waals surface area (Å²) in [4.78, 5) is 10.8. The molecule has 0 spiro atoms. The van der Waals surface area contributed by atoms with E-state index >= 15 is 0 Å². The third-order valence-corrected chi connectivity index (χ3v) is 1.72. The van der Waals surface area contributed by atoms with Crippen molar-refractivity contribution < 1.29 is 9.53 Å². The average Bonchev–Trinajstić information content (AvgIpc) is 2.34. The number of ether oxygens (including phenoxy) is 1. The van der Waals surface area contributed by atoms with Crippen molar-refractivity contribution in [2.45, 2.75) is 6.61 Å². The first kappa shape index (κ1) is 6.29. The van der Waals surface area contributed by atoms with Crippen LogP contribution in [0.4, 0.5) is 0 Å². The molecular formula is C6H6O2S. The lowest BCUT2D eigenvalue weighted by Gasteiger charge is -1.90. The van der Waals surface area contributed by atoms with Crippen molar-refractivity contribution in [3.63, 3.8) is 0 Å². The van der Waals surface area contributed by atoms with Gasteiger partial charge in [0.2, 0.25) is 0 Å². The van der Waals surface area contributed by atoms with Crippen molar-refractivity contribution in [1.82, 2.24) is 0 Å². The zero-order chi connectivity index (χ0) is 6.53. The summed E-state index contributed by atoms with van der Waals surface area (Å²) in [5.41, 5.74) is 0. The van der Waals surface area contributed by atoms with Crippen molar-refractivity contribution in [1.29, 1.82) is 0 Å². The van der Waals surface area contributed by atoms with Crippen LogP contribution in [0.3, 0.4) is 0 Å². The van der Waals surface area contributed by atoms with E-state index in [0.29, 0.717) is 13.1 Å². The van der Waals surface area contributed by atoms with Crippen LogP contribution < -0.4 is 0 Å². The maximum absolute atomic E-state index is 9.68. The van der Waals surface area contributed by atoms with E-state index < -0.39 is 0 Å². The monoisotopic (exact) mass is 142 g/mol. The minimum Gasteiger partial charge on any atom is -0.462 e. The Bertz CT molecular complexity index is 169. The molecule has 0 bridgehead atoms. The van der Waals surface area contributed by atoms with Crippen LogP contribution in [-0.4, -0.2) is 6.47 Å². The van der Waals surface area contributed by atoms with Gasteiger partial charge in [-0.25, -0.2) is 0 Å². The third kappa shape index (κ3) is 1.85. The summed E-state index contributed by atoms with van der Waals surface area (Å²) < 4.78 is 4.51. The number of carbonyl (C=O) groups is 1. The van der Waals surface area contributed by atoms with Gasteiger partial charge in [-0.15, -0.1) is 11.3 Å². The lowest BCUT2D eigenvalue weighted by atomic mass is 10.5. The molecule has 0 atom stereocenters. The molecule has 3 heteroatoms. The maximum Gasteiger partial charge on any atom is 0.293 e. The van der Waals surface area contributed by atoms with E-state index in [9.17, 15) is 4.79 Å². The average molecular weight is 142 g/mol. The minimum atomic E-state index is 0.404. The van der Waals surface area contributed by atoms with Gasteiger partial charge in [0.15, 0.2) is 0 Å². The van der Waals surface area contributed by atoms with E-state index in [-0.39, 0.29) is 0 Å². The van der Waals surface area contributed by atoms with Crippen molar-refractivity contribution >= 4 is 17.8 Å². The molecule has 0 radical (unpaired) electrons. The van der Waals surface area contributed by atoms with Gasteiger partial charge in [0, 0.05) is 4.88 Å². The zero-order valence-corrected chi connectivity index (χ0v) is 5.56. The standard InChI is InChI=1S/C6H6O2S/c7-5-8-4-6-2-1-3-9-6/h1-3,5H,4H2. The SMILES string of the molecule is O=COCc1cccs1. The van der Waals surface area contributed by atoms with Crippen LogP contribution in [0.25, 0.3) is 0 Å². The number of hydrogen-bond acceptors (Lipinski definition) is 3. The molecule has 2 nitrogen and oxygen atoms in total. The molecule has 0 aliphatic heterocycles. The van der Waals surface area contributed by atoms with Crippen LogP contribution in [0, 0.1) is 0 Å². The number of thiophene rings is 1. The number of rotatable bonds is 3. The van der Waals surface area contributed by atoms with E-state index in [0.717, 1.165) is 4.88 Å². The van der Waals surface area contributed by atoms with Crippen molar-refractivity contribution in [3.05, 3.63) is 22.4 Å². The van der Waals surface area contributed by atoms with E-state index in [2.05, 4.69) is 4.74 Å². The Kier molecular flexibility index (Phi) is 2.27. The van der Waals surface area contributed by atoms with Gasteiger partial charge in [0.05, 0.1) is 0 Å². The van der Waals surface area contributed by atoms with Crippen molar-refractivity contribution in [2.24, 2.45) is 0 Å². The Balaban J connectivity index is 2.38. The van der Waals surface area contributed by atoms with Gasteiger partial charge in [-0.2, -0.15) is 0 Å². The summed E-state index contributed by atoms with van der Waals surface area (Å²) in [7, 11) is 0. The van der Waals surface area contributed by atoms with Gasteiger partial charge >= 0.3 is 0 Å². The van der Waals surface area contributed by atoms with Crippen molar-refractivity contribution in [3.8, 4) is 0 Å². The highest BCUT2D eigenvalue weighted by molar-refractivity contribution is 7.09. The van der Waals surface area contributed by atoms with Crippen LogP contribution in [0.1, 0.15) is 4.88 Å². The molecule has 0 aliphatic carbocycles. The van der Waals surface area contributed by atoms with Gasteiger partial charge in [0.25, 0.3) is 6.47 Å². The summed E-state index contributed by atoms with van der Waals surface area (Å²) in [6, 6.07) is 3.85. The normalized spacial score (nSPS) is 8.89. The fraction of sp³-hybridized carbons (Fsp3) is 0.167. The Morgan fingerprint density at radius 1 is 1.78 bits per heavy atom. The lowest BCUT2D eigenvalue weighted by molar-refractivity contribution is -0.129. The first-order valence-corrected chi connectivity index (χ1v) is 3.39. The second-order valence-electron chi connectivity index (χ2n) is 1.49. The predicted molar refractivity (Wildman–Crippen MR) is 35.2 cm³/mol. The molecule has 0 N–H and O–H groups in total. The van der Waals surface area contributed by atoms with Crippen LogP contribution in [0.2, 0.25) is 0 Å². The second kappa shape index (κ2) is 3.25.